The van der Waals surface area contributed by atoms with E-state index in [4.69, 9.17) is 16.1 Å². The van der Waals surface area contributed by atoms with E-state index in [1.807, 2.05) is 6.92 Å². The molecule has 22 heavy (non-hydrogen) atoms. The van der Waals surface area contributed by atoms with E-state index in [1.165, 1.54) is 11.5 Å². The second-order valence-corrected chi connectivity index (χ2v) is 6.74. The first kappa shape index (κ1) is 15.8. The Bertz CT molecular complexity index is 609. The minimum atomic E-state index is 0.152. The normalized spacial score (nSPS) is 18.7. The summed E-state index contributed by atoms with van der Waals surface area (Å²) in [5.41, 5.74) is 0.873. The van der Waals surface area contributed by atoms with Gasteiger partial charge in [0.25, 0.3) is 0 Å². The van der Waals surface area contributed by atoms with Gasteiger partial charge < -0.3 is 4.52 Å². The molecule has 0 N–H and O–H groups in total. The highest BCUT2D eigenvalue weighted by molar-refractivity contribution is 7.10. The van der Waals surface area contributed by atoms with Crippen molar-refractivity contribution >= 4 is 23.1 Å². The van der Waals surface area contributed by atoms with Gasteiger partial charge in [0.15, 0.2) is 5.82 Å². The molecule has 2 aromatic rings. The number of hydrogen-bond donors (Lipinski definition) is 0. The van der Waals surface area contributed by atoms with Gasteiger partial charge in [0, 0.05) is 50.7 Å². The second kappa shape index (κ2) is 6.99. The van der Waals surface area contributed by atoms with Crippen LogP contribution in [0.15, 0.2) is 4.52 Å². The Balaban J connectivity index is 1.53. The van der Waals surface area contributed by atoms with E-state index >= 15 is 0 Å². The SMILES string of the molecule is CCc1noc([C@H](C)N2CCN(Cc3nnsc3Cl)CC2)n1. The van der Waals surface area contributed by atoms with E-state index in [1.54, 1.807) is 0 Å². The van der Waals surface area contributed by atoms with Crippen molar-refractivity contribution in [2.45, 2.75) is 32.9 Å². The fourth-order valence-electron chi connectivity index (χ4n) is 2.55. The number of hydrogen-bond acceptors (Lipinski definition) is 8. The van der Waals surface area contributed by atoms with Crippen molar-refractivity contribution in [1.82, 2.24) is 29.5 Å². The third-order valence-corrected chi connectivity index (χ3v) is 4.98. The Morgan fingerprint density at radius 3 is 2.68 bits per heavy atom. The van der Waals surface area contributed by atoms with Crippen LogP contribution in [0, 0.1) is 0 Å². The van der Waals surface area contributed by atoms with Crippen LogP contribution in [-0.2, 0) is 13.0 Å². The highest BCUT2D eigenvalue weighted by Gasteiger charge is 2.26. The maximum Gasteiger partial charge on any atom is 0.243 e. The first-order valence-corrected chi connectivity index (χ1v) is 8.58. The lowest BCUT2D eigenvalue weighted by atomic mass is 10.2. The fraction of sp³-hybridized carbons (Fsp3) is 0.692. The second-order valence-electron chi connectivity index (χ2n) is 5.38. The summed E-state index contributed by atoms with van der Waals surface area (Å²) in [6.45, 7) is 8.75. The Morgan fingerprint density at radius 1 is 1.32 bits per heavy atom. The maximum absolute atomic E-state index is 6.06. The van der Waals surface area contributed by atoms with Gasteiger partial charge in [-0.05, 0) is 6.92 Å². The molecule has 0 aromatic carbocycles. The molecule has 120 valence electrons. The van der Waals surface area contributed by atoms with Crippen molar-refractivity contribution < 1.29 is 4.52 Å². The maximum atomic E-state index is 6.06. The summed E-state index contributed by atoms with van der Waals surface area (Å²) >= 11 is 7.30. The first-order valence-electron chi connectivity index (χ1n) is 7.43. The highest BCUT2D eigenvalue weighted by Crippen LogP contribution is 2.22. The Labute approximate surface area is 138 Å². The Kier molecular flexibility index (Phi) is 5.02. The average Bonchev–Trinajstić information content (AvgIpc) is 3.17. The topological polar surface area (TPSA) is 71.2 Å². The number of halogens is 1. The van der Waals surface area contributed by atoms with E-state index in [0.717, 1.165) is 50.7 Å². The standard InChI is InChI=1S/C13H19ClN6OS/c1-3-11-15-13(21-17-11)9(2)20-6-4-19(5-7-20)8-10-12(14)22-18-16-10/h9H,3-8H2,1-2H3/t9-/m0/s1. The van der Waals surface area contributed by atoms with Crippen molar-refractivity contribution in [1.29, 1.82) is 0 Å². The summed E-state index contributed by atoms with van der Waals surface area (Å²) in [5.74, 6) is 1.48. The molecule has 1 atom stereocenters. The zero-order valence-electron chi connectivity index (χ0n) is 12.7. The highest BCUT2D eigenvalue weighted by atomic mass is 35.5. The molecule has 0 aliphatic carbocycles. The summed E-state index contributed by atoms with van der Waals surface area (Å²) in [5, 5.41) is 8.05. The van der Waals surface area contributed by atoms with Gasteiger partial charge in [-0.15, -0.1) is 5.10 Å². The molecule has 3 heterocycles. The van der Waals surface area contributed by atoms with Gasteiger partial charge in [-0.2, -0.15) is 4.98 Å². The molecule has 0 bridgehead atoms. The Morgan fingerprint density at radius 2 is 2.09 bits per heavy atom. The van der Waals surface area contributed by atoms with Crippen LogP contribution in [-0.4, -0.2) is 55.7 Å². The van der Waals surface area contributed by atoms with Crippen molar-refractivity contribution in [2.75, 3.05) is 26.2 Å². The summed E-state index contributed by atoms with van der Waals surface area (Å²) in [7, 11) is 0. The summed E-state index contributed by atoms with van der Waals surface area (Å²) in [6, 6.07) is 0.152. The summed E-state index contributed by atoms with van der Waals surface area (Å²) < 4.78 is 9.91. The van der Waals surface area contributed by atoms with Crippen LogP contribution in [0.2, 0.25) is 4.34 Å². The average molecular weight is 343 g/mol. The molecule has 9 heteroatoms. The van der Waals surface area contributed by atoms with Crippen molar-refractivity contribution in [2.24, 2.45) is 0 Å². The van der Waals surface area contributed by atoms with Gasteiger partial charge in [-0.25, -0.2) is 0 Å². The first-order chi connectivity index (χ1) is 10.7. The quantitative estimate of drug-likeness (QED) is 0.823. The van der Waals surface area contributed by atoms with Crippen LogP contribution < -0.4 is 0 Å². The molecule has 3 rings (SSSR count). The molecule has 1 aliphatic rings. The summed E-state index contributed by atoms with van der Waals surface area (Å²) in [4.78, 5) is 9.14. The largest absolute Gasteiger partial charge is 0.338 e. The lowest BCUT2D eigenvalue weighted by Gasteiger charge is -2.36. The molecular weight excluding hydrogens is 324 g/mol. The van der Waals surface area contributed by atoms with E-state index in [-0.39, 0.29) is 6.04 Å². The van der Waals surface area contributed by atoms with Gasteiger partial charge >= 0.3 is 0 Å². The van der Waals surface area contributed by atoms with Crippen LogP contribution in [0.25, 0.3) is 0 Å². The predicted molar refractivity (Wildman–Crippen MR) is 83.9 cm³/mol. The zero-order chi connectivity index (χ0) is 15.5. The van der Waals surface area contributed by atoms with E-state index < -0.39 is 0 Å². The molecule has 0 radical (unpaired) electrons. The number of aryl methyl sites for hydroxylation is 1. The van der Waals surface area contributed by atoms with Crippen LogP contribution in [0.1, 0.15) is 37.3 Å². The third kappa shape index (κ3) is 3.45. The van der Waals surface area contributed by atoms with Gasteiger partial charge in [-0.1, -0.05) is 28.2 Å². The smallest absolute Gasteiger partial charge is 0.243 e. The Hall–Kier alpha value is -1.09. The molecular formula is C13H19ClN6OS. The molecule has 1 saturated heterocycles. The molecule has 2 aromatic heterocycles. The van der Waals surface area contributed by atoms with Gasteiger partial charge in [0.1, 0.15) is 10.0 Å². The van der Waals surface area contributed by atoms with Crippen molar-refractivity contribution in [3.63, 3.8) is 0 Å². The van der Waals surface area contributed by atoms with E-state index in [2.05, 4.69) is 36.5 Å². The van der Waals surface area contributed by atoms with Crippen LogP contribution in [0.5, 0.6) is 0 Å². The molecule has 7 nitrogen and oxygen atoms in total. The molecule has 0 saturated carbocycles. The fourth-order valence-corrected chi connectivity index (χ4v) is 3.16. The lowest BCUT2D eigenvalue weighted by molar-refractivity contribution is 0.0839. The third-order valence-electron chi connectivity index (χ3n) is 3.99. The number of piperazine rings is 1. The monoisotopic (exact) mass is 342 g/mol. The van der Waals surface area contributed by atoms with E-state index in [0.29, 0.717) is 10.2 Å². The number of rotatable bonds is 5. The molecule has 1 aliphatic heterocycles. The minimum Gasteiger partial charge on any atom is -0.338 e. The van der Waals surface area contributed by atoms with Gasteiger partial charge in [0.05, 0.1) is 6.04 Å². The molecule has 0 spiro atoms. The number of aromatic nitrogens is 4. The van der Waals surface area contributed by atoms with Gasteiger partial charge in [0.2, 0.25) is 5.89 Å². The van der Waals surface area contributed by atoms with Crippen LogP contribution in [0.4, 0.5) is 0 Å². The van der Waals surface area contributed by atoms with Crippen LogP contribution in [0.3, 0.4) is 0 Å². The molecule has 0 unspecified atom stereocenters. The van der Waals surface area contributed by atoms with Gasteiger partial charge in [-0.3, -0.25) is 9.80 Å². The summed E-state index contributed by atoms with van der Waals surface area (Å²) in [6.07, 6.45) is 0.798. The zero-order valence-corrected chi connectivity index (χ0v) is 14.3. The molecule has 0 amide bonds. The molecule has 1 fully saturated rings. The lowest BCUT2D eigenvalue weighted by Crippen LogP contribution is -2.46. The van der Waals surface area contributed by atoms with E-state index in [9.17, 15) is 0 Å². The van der Waals surface area contributed by atoms with Crippen molar-refractivity contribution in [3.8, 4) is 0 Å². The minimum absolute atomic E-state index is 0.152. The van der Waals surface area contributed by atoms with Crippen molar-refractivity contribution in [3.05, 3.63) is 21.7 Å². The predicted octanol–water partition coefficient (Wildman–Crippen LogP) is 2.02. The van der Waals surface area contributed by atoms with Crippen LogP contribution >= 0.6 is 23.1 Å². The number of nitrogens with zero attached hydrogens (tertiary/aromatic N) is 6.